The lowest BCUT2D eigenvalue weighted by atomic mass is 10.2. The number of rotatable bonds is 5. The second-order valence-electron chi connectivity index (χ2n) is 5.19. The predicted molar refractivity (Wildman–Crippen MR) is 98.4 cm³/mol. The van der Waals surface area contributed by atoms with E-state index in [1.54, 1.807) is 25.1 Å². The van der Waals surface area contributed by atoms with Gasteiger partial charge in [0.2, 0.25) is 5.91 Å². The van der Waals surface area contributed by atoms with E-state index in [0.29, 0.717) is 27.0 Å². The molecule has 25 heavy (non-hydrogen) atoms. The number of benzene rings is 2. The number of phenolic OH excluding ortho intramolecular Hbond substituents is 1. The van der Waals surface area contributed by atoms with Crippen molar-refractivity contribution in [2.24, 2.45) is 5.10 Å². The van der Waals surface area contributed by atoms with Crippen LogP contribution >= 0.6 is 23.2 Å². The van der Waals surface area contributed by atoms with Crippen molar-refractivity contribution in [1.29, 1.82) is 0 Å². The number of halogens is 2. The van der Waals surface area contributed by atoms with Crippen LogP contribution in [0.25, 0.3) is 0 Å². The first-order valence-electron chi connectivity index (χ1n) is 7.22. The Balaban J connectivity index is 1.89. The number of amides is 2. The molecule has 0 atom stereocenters. The molecule has 0 saturated heterocycles. The van der Waals surface area contributed by atoms with Crippen LogP contribution in [0.1, 0.15) is 23.7 Å². The summed E-state index contributed by atoms with van der Waals surface area (Å²) in [5, 5.41) is 16.5. The molecule has 0 spiro atoms. The third-order valence-electron chi connectivity index (χ3n) is 3.10. The number of anilines is 1. The van der Waals surface area contributed by atoms with Gasteiger partial charge in [-0.25, -0.2) is 5.43 Å². The minimum Gasteiger partial charge on any atom is -0.508 e. The average Bonchev–Trinajstić information content (AvgIpc) is 2.56. The molecule has 130 valence electrons. The van der Waals surface area contributed by atoms with Crippen LogP contribution in [0.3, 0.4) is 0 Å². The number of hydrogen-bond acceptors (Lipinski definition) is 4. The summed E-state index contributed by atoms with van der Waals surface area (Å²) < 4.78 is 0. The SMILES string of the molecule is CC(CC(=O)Nc1ccc(Cl)c(Cl)c1)=NNC(=O)c1ccc(O)cc1. The third-order valence-corrected chi connectivity index (χ3v) is 3.84. The minimum absolute atomic E-state index is 0.00387. The fraction of sp³-hybridized carbons (Fsp3) is 0.118. The number of nitrogens with zero attached hydrogens (tertiary/aromatic N) is 1. The standard InChI is InChI=1S/C17H15Cl2N3O3/c1-10(21-22-17(25)11-2-5-13(23)6-3-11)8-16(24)20-12-4-7-14(18)15(19)9-12/h2-7,9,23H,8H2,1H3,(H,20,24)(H,22,25). The van der Waals surface area contributed by atoms with Gasteiger partial charge >= 0.3 is 0 Å². The Morgan fingerprint density at radius 3 is 2.40 bits per heavy atom. The first-order chi connectivity index (χ1) is 11.8. The average molecular weight is 380 g/mol. The van der Waals surface area contributed by atoms with Gasteiger partial charge in [0.05, 0.1) is 16.5 Å². The molecule has 0 unspecified atom stereocenters. The van der Waals surface area contributed by atoms with E-state index in [1.807, 2.05) is 0 Å². The van der Waals surface area contributed by atoms with Crippen molar-refractivity contribution in [3.8, 4) is 5.75 Å². The van der Waals surface area contributed by atoms with Crippen LogP contribution in [0.15, 0.2) is 47.6 Å². The van der Waals surface area contributed by atoms with Crippen LogP contribution in [0, 0.1) is 0 Å². The molecule has 0 saturated carbocycles. The predicted octanol–water partition coefficient (Wildman–Crippen LogP) is 3.83. The van der Waals surface area contributed by atoms with Crippen LogP contribution in [-0.4, -0.2) is 22.6 Å². The number of hydrazone groups is 1. The zero-order valence-electron chi connectivity index (χ0n) is 13.2. The molecule has 0 aliphatic heterocycles. The Morgan fingerprint density at radius 2 is 1.76 bits per heavy atom. The summed E-state index contributed by atoms with van der Waals surface area (Å²) in [7, 11) is 0. The molecule has 0 fully saturated rings. The smallest absolute Gasteiger partial charge is 0.271 e. The van der Waals surface area contributed by atoms with Crippen molar-refractivity contribution in [2.45, 2.75) is 13.3 Å². The van der Waals surface area contributed by atoms with Gasteiger partial charge in [0.1, 0.15) is 5.75 Å². The molecule has 0 aliphatic carbocycles. The fourth-order valence-electron chi connectivity index (χ4n) is 1.87. The van der Waals surface area contributed by atoms with Crippen molar-refractivity contribution in [3.63, 3.8) is 0 Å². The van der Waals surface area contributed by atoms with Gasteiger partial charge in [-0.15, -0.1) is 0 Å². The van der Waals surface area contributed by atoms with Gasteiger partial charge in [0.15, 0.2) is 0 Å². The highest BCUT2D eigenvalue weighted by Crippen LogP contribution is 2.25. The molecule has 6 nitrogen and oxygen atoms in total. The van der Waals surface area contributed by atoms with Gasteiger partial charge in [0, 0.05) is 17.0 Å². The molecule has 0 bridgehead atoms. The van der Waals surface area contributed by atoms with Gasteiger partial charge in [-0.05, 0) is 49.4 Å². The number of nitrogens with one attached hydrogen (secondary N) is 2. The van der Waals surface area contributed by atoms with Crippen molar-refractivity contribution in [3.05, 3.63) is 58.1 Å². The van der Waals surface area contributed by atoms with Gasteiger partial charge in [-0.2, -0.15) is 5.10 Å². The van der Waals surface area contributed by atoms with E-state index in [0.717, 1.165) is 0 Å². The summed E-state index contributed by atoms with van der Waals surface area (Å²) >= 11 is 11.7. The first kappa shape index (κ1) is 18.8. The van der Waals surface area contributed by atoms with Crippen LogP contribution in [-0.2, 0) is 4.79 Å². The number of phenols is 1. The molecular formula is C17H15Cl2N3O3. The summed E-state index contributed by atoms with van der Waals surface area (Å²) in [4.78, 5) is 23.8. The fourth-order valence-corrected chi connectivity index (χ4v) is 2.17. The molecule has 2 aromatic rings. The van der Waals surface area contributed by atoms with Gasteiger partial charge < -0.3 is 10.4 Å². The van der Waals surface area contributed by atoms with Crippen LogP contribution in [0.4, 0.5) is 5.69 Å². The zero-order chi connectivity index (χ0) is 18.4. The van der Waals surface area contributed by atoms with E-state index in [2.05, 4.69) is 15.8 Å². The largest absolute Gasteiger partial charge is 0.508 e. The van der Waals surface area contributed by atoms with Crippen LogP contribution in [0.2, 0.25) is 10.0 Å². The number of carbonyl (C=O) groups is 2. The van der Waals surface area contributed by atoms with E-state index in [1.165, 1.54) is 24.3 Å². The lowest BCUT2D eigenvalue weighted by molar-refractivity contribution is -0.115. The molecular weight excluding hydrogens is 365 g/mol. The Labute approximate surface area is 154 Å². The quantitative estimate of drug-likeness (QED) is 0.544. The van der Waals surface area contributed by atoms with Crippen molar-refractivity contribution in [2.75, 3.05) is 5.32 Å². The summed E-state index contributed by atoms with van der Waals surface area (Å²) in [5.41, 5.74) is 3.63. The highest BCUT2D eigenvalue weighted by Gasteiger charge is 2.08. The Morgan fingerprint density at radius 1 is 1.08 bits per heavy atom. The molecule has 2 rings (SSSR count). The van der Waals surface area contributed by atoms with E-state index in [9.17, 15) is 14.7 Å². The molecule has 2 aromatic carbocycles. The third kappa shape index (κ3) is 5.77. The molecule has 0 radical (unpaired) electrons. The number of carbonyl (C=O) groups excluding carboxylic acids is 2. The van der Waals surface area contributed by atoms with Gasteiger partial charge in [0.25, 0.3) is 5.91 Å². The maximum atomic E-state index is 12.0. The second-order valence-corrected chi connectivity index (χ2v) is 6.00. The van der Waals surface area contributed by atoms with Crippen molar-refractivity contribution >= 4 is 46.4 Å². The maximum absolute atomic E-state index is 12.0. The molecule has 0 aromatic heterocycles. The van der Waals surface area contributed by atoms with E-state index >= 15 is 0 Å². The molecule has 0 heterocycles. The molecule has 3 N–H and O–H groups in total. The summed E-state index contributed by atoms with van der Waals surface area (Å²) in [6.07, 6.45) is -0.00387. The van der Waals surface area contributed by atoms with Crippen LogP contribution in [0.5, 0.6) is 5.75 Å². The molecule has 2 amide bonds. The lowest BCUT2D eigenvalue weighted by Crippen LogP contribution is -2.21. The molecule has 0 aliphatic rings. The maximum Gasteiger partial charge on any atom is 0.271 e. The lowest BCUT2D eigenvalue weighted by Gasteiger charge is -2.06. The highest BCUT2D eigenvalue weighted by molar-refractivity contribution is 6.42. The second kappa shape index (κ2) is 8.50. The summed E-state index contributed by atoms with van der Waals surface area (Å²) in [5.74, 6) is -0.682. The van der Waals surface area contributed by atoms with Gasteiger partial charge in [-0.3, -0.25) is 9.59 Å². The topological polar surface area (TPSA) is 90.8 Å². The van der Waals surface area contributed by atoms with E-state index in [-0.39, 0.29) is 18.1 Å². The first-order valence-corrected chi connectivity index (χ1v) is 7.98. The van der Waals surface area contributed by atoms with E-state index in [4.69, 9.17) is 23.2 Å². The summed E-state index contributed by atoms with van der Waals surface area (Å²) in [6, 6.07) is 10.5. The van der Waals surface area contributed by atoms with Crippen molar-refractivity contribution in [1.82, 2.24) is 5.43 Å². The normalized spacial score (nSPS) is 11.1. The number of hydrogen-bond donors (Lipinski definition) is 3. The zero-order valence-corrected chi connectivity index (χ0v) is 14.7. The monoisotopic (exact) mass is 379 g/mol. The Bertz CT molecular complexity index is 820. The summed E-state index contributed by atoms with van der Waals surface area (Å²) in [6.45, 7) is 1.62. The Hall–Kier alpha value is -2.57. The Kier molecular flexibility index (Phi) is 6.38. The number of aromatic hydroxyl groups is 1. The highest BCUT2D eigenvalue weighted by atomic mass is 35.5. The molecule has 8 heteroatoms. The minimum atomic E-state index is -0.441. The van der Waals surface area contributed by atoms with Crippen LogP contribution < -0.4 is 10.7 Å². The van der Waals surface area contributed by atoms with E-state index < -0.39 is 5.91 Å². The van der Waals surface area contributed by atoms with Gasteiger partial charge in [-0.1, -0.05) is 23.2 Å². The van der Waals surface area contributed by atoms with Crippen molar-refractivity contribution < 1.29 is 14.7 Å².